The van der Waals surface area contributed by atoms with Crippen LogP contribution in [0, 0.1) is 5.92 Å². The minimum Gasteiger partial charge on any atom is -0.211 e. The van der Waals surface area contributed by atoms with Crippen LogP contribution in [0.5, 0.6) is 0 Å². The molecule has 0 saturated heterocycles. The van der Waals surface area contributed by atoms with Crippen LogP contribution in [-0.2, 0) is 16.2 Å². The molecule has 3 nitrogen and oxygen atoms in total. The van der Waals surface area contributed by atoms with Gasteiger partial charge in [0, 0.05) is 6.54 Å². The van der Waals surface area contributed by atoms with Gasteiger partial charge < -0.3 is 0 Å². The molecule has 1 N–H and O–H groups in total. The molecule has 1 saturated carbocycles. The first kappa shape index (κ1) is 17.3. The molecule has 1 aromatic rings. The standard InChI is InChI=1S/C15H20F3NO2S/c16-15(17,18)13-7-4-8-14(11-13)22(20,21)19-10-9-12-5-2-1-3-6-12/h4,7-8,11-12,19H,1-3,5-6,9-10H2. The number of hydrogen-bond acceptors (Lipinski definition) is 2. The maximum atomic E-state index is 12.6. The lowest BCUT2D eigenvalue weighted by Gasteiger charge is -2.21. The molecule has 7 heteroatoms. The lowest BCUT2D eigenvalue weighted by Crippen LogP contribution is -2.27. The van der Waals surface area contributed by atoms with E-state index >= 15 is 0 Å². The molecule has 1 aromatic carbocycles. The van der Waals surface area contributed by atoms with Gasteiger partial charge in [-0.05, 0) is 30.5 Å². The average Bonchev–Trinajstić information content (AvgIpc) is 2.47. The Labute approximate surface area is 129 Å². The molecule has 2 rings (SSSR count). The molecule has 1 aliphatic rings. The van der Waals surface area contributed by atoms with Crippen LogP contribution in [0.25, 0.3) is 0 Å². The van der Waals surface area contributed by atoms with E-state index < -0.39 is 21.8 Å². The van der Waals surface area contributed by atoms with Crippen LogP contribution in [0.4, 0.5) is 13.2 Å². The van der Waals surface area contributed by atoms with Crippen LogP contribution in [0.1, 0.15) is 44.1 Å². The first-order chi connectivity index (χ1) is 10.3. The van der Waals surface area contributed by atoms with Crippen molar-refractivity contribution in [3.63, 3.8) is 0 Å². The molecule has 0 atom stereocenters. The van der Waals surface area contributed by atoms with Crippen LogP contribution in [0.15, 0.2) is 29.2 Å². The van der Waals surface area contributed by atoms with Crippen LogP contribution in [-0.4, -0.2) is 15.0 Å². The summed E-state index contributed by atoms with van der Waals surface area (Å²) in [5.74, 6) is 0.512. The Kier molecular flexibility index (Phi) is 5.50. The zero-order valence-corrected chi connectivity index (χ0v) is 13.0. The van der Waals surface area contributed by atoms with E-state index in [1.54, 1.807) is 0 Å². The molecule has 1 aliphatic carbocycles. The second-order valence-corrected chi connectivity index (χ2v) is 7.48. The molecule has 0 aromatic heterocycles. The van der Waals surface area contributed by atoms with Crippen molar-refractivity contribution in [1.82, 2.24) is 4.72 Å². The molecule has 1 fully saturated rings. The summed E-state index contributed by atoms with van der Waals surface area (Å²) in [5, 5.41) is 0. The summed E-state index contributed by atoms with van der Waals surface area (Å²) in [6.45, 7) is 0.267. The van der Waals surface area contributed by atoms with Crippen LogP contribution >= 0.6 is 0 Å². The Morgan fingerprint density at radius 3 is 2.45 bits per heavy atom. The van der Waals surface area contributed by atoms with Gasteiger partial charge in [0.25, 0.3) is 0 Å². The molecule has 0 heterocycles. The van der Waals surface area contributed by atoms with E-state index in [1.165, 1.54) is 25.3 Å². The fraction of sp³-hybridized carbons (Fsp3) is 0.600. The van der Waals surface area contributed by atoms with Gasteiger partial charge in [0.2, 0.25) is 10.0 Å². The minimum atomic E-state index is -4.55. The zero-order chi connectivity index (χ0) is 16.2. The highest BCUT2D eigenvalue weighted by Gasteiger charge is 2.31. The highest BCUT2D eigenvalue weighted by Crippen LogP contribution is 2.30. The third-order valence-corrected chi connectivity index (χ3v) is 5.50. The van der Waals surface area contributed by atoms with Crippen molar-refractivity contribution in [2.45, 2.75) is 49.6 Å². The number of sulfonamides is 1. The molecular weight excluding hydrogens is 315 g/mol. The second kappa shape index (κ2) is 7.00. The highest BCUT2D eigenvalue weighted by molar-refractivity contribution is 7.89. The smallest absolute Gasteiger partial charge is 0.211 e. The summed E-state index contributed by atoms with van der Waals surface area (Å²) in [4.78, 5) is -0.342. The van der Waals surface area contributed by atoms with E-state index in [0.717, 1.165) is 31.4 Å². The van der Waals surface area contributed by atoms with Gasteiger partial charge in [-0.1, -0.05) is 38.2 Å². The van der Waals surface area contributed by atoms with Crippen molar-refractivity contribution in [2.75, 3.05) is 6.54 Å². The molecule has 22 heavy (non-hydrogen) atoms. The van der Waals surface area contributed by atoms with Gasteiger partial charge in [0.1, 0.15) is 0 Å². The third-order valence-electron chi connectivity index (χ3n) is 4.04. The molecule has 0 bridgehead atoms. The van der Waals surface area contributed by atoms with Gasteiger partial charge in [-0.15, -0.1) is 0 Å². The maximum absolute atomic E-state index is 12.6. The van der Waals surface area contributed by atoms with E-state index in [9.17, 15) is 21.6 Å². The summed E-state index contributed by atoms with van der Waals surface area (Å²) in [5.41, 5.74) is -0.956. The fourth-order valence-corrected chi connectivity index (χ4v) is 3.89. The van der Waals surface area contributed by atoms with Crippen molar-refractivity contribution in [3.8, 4) is 0 Å². The predicted octanol–water partition coefficient (Wildman–Crippen LogP) is 3.95. The summed E-state index contributed by atoms with van der Waals surface area (Å²) in [6.07, 6.45) is 1.96. The molecular formula is C15H20F3NO2S. The van der Waals surface area contributed by atoms with E-state index in [-0.39, 0.29) is 11.4 Å². The molecule has 0 amide bonds. The van der Waals surface area contributed by atoms with Gasteiger partial charge in [-0.25, -0.2) is 13.1 Å². The second-order valence-electron chi connectivity index (χ2n) is 5.72. The Morgan fingerprint density at radius 2 is 1.82 bits per heavy atom. The average molecular weight is 335 g/mol. The Morgan fingerprint density at radius 1 is 1.14 bits per heavy atom. The van der Waals surface area contributed by atoms with E-state index in [0.29, 0.717) is 12.0 Å². The largest absolute Gasteiger partial charge is 0.416 e. The monoisotopic (exact) mass is 335 g/mol. The minimum absolute atomic E-state index is 0.267. The lowest BCUT2D eigenvalue weighted by atomic mass is 9.87. The van der Waals surface area contributed by atoms with Gasteiger partial charge in [-0.2, -0.15) is 13.2 Å². The molecule has 0 spiro atoms. The van der Waals surface area contributed by atoms with Crippen LogP contribution in [0.3, 0.4) is 0 Å². The summed E-state index contributed by atoms with van der Waals surface area (Å²) >= 11 is 0. The predicted molar refractivity (Wildman–Crippen MR) is 77.8 cm³/mol. The van der Waals surface area contributed by atoms with Crippen molar-refractivity contribution in [2.24, 2.45) is 5.92 Å². The molecule has 0 radical (unpaired) electrons. The number of nitrogens with one attached hydrogen (secondary N) is 1. The van der Waals surface area contributed by atoms with E-state index in [1.807, 2.05) is 0 Å². The van der Waals surface area contributed by atoms with Gasteiger partial charge in [0.05, 0.1) is 10.5 Å². The maximum Gasteiger partial charge on any atom is 0.416 e. The van der Waals surface area contributed by atoms with Crippen LogP contribution < -0.4 is 4.72 Å². The van der Waals surface area contributed by atoms with Crippen LogP contribution in [0.2, 0.25) is 0 Å². The Balaban J connectivity index is 1.98. The van der Waals surface area contributed by atoms with Crippen molar-refractivity contribution in [3.05, 3.63) is 29.8 Å². The zero-order valence-electron chi connectivity index (χ0n) is 12.2. The number of halogens is 3. The highest BCUT2D eigenvalue weighted by atomic mass is 32.2. The summed E-state index contributed by atoms with van der Waals surface area (Å²) < 4.78 is 64.5. The molecule has 0 aliphatic heterocycles. The third kappa shape index (κ3) is 4.71. The van der Waals surface area contributed by atoms with Gasteiger partial charge >= 0.3 is 6.18 Å². The molecule has 0 unspecified atom stereocenters. The topological polar surface area (TPSA) is 46.2 Å². The van der Waals surface area contributed by atoms with Crippen molar-refractivity contribution >= 4 is 10.0 Å². The lowest BCUT2D eigenvalue weighted by molar-refractivity contribution is -0.137. The first-order valence-electron chi connectivity index (χ1n) is 7.46. The number of benzene rings is 1. The number of rotatable bonds is 5. The SMILES string of the molecule is O=S(=O)(NCCC1CCCCC1)c1cccc(C(F)(F)F)c1. The van der Waals surface area contributed by atoms with E-state index in [4.69, 9.17) is 0 Å². The van der Waals surface area contributed by atoms with E-state index in [2.05, 4.69) is 4.72 Å². The normalized spacial score (nSPS) is 17.6. The van der Waals surface area contributed by atoms with Gasteiger partial charge in [0.15, 0.2) is 0 Å². The van der Waals surface area contributed by atoms with Gasteiger partial charge in [-0.3, -0.25) is 0 Å². The Hall–Kier alpha value is -1.08. The quantitative estimate of drug-likeness (QED) is 0.885. The first-order valence-corrected chi connectivity index (χ1v) is 8.94. The number of alkyl halides is 3. The fourth-order valence-electron chi connectivity index (χ4n) is 2.80. The molecule has 124 valence electrons. The Bertz CT molecular complexity index is 593. The van der Waals surface area contributed by atoms with Crippen molar-refractivity contribution in [1.29, 1.82) is 0 Å². The number of hydrogen-bond donors (Lipinski definition) is 1. The summed E-state index contributed by atoms with van der Waals surface area (Å²) in [7, 11) is -3.89. The van der Waals surface area contributed by atoms with Crippen molar-refractivity contribution < 1.29 is 21.6 Å². The summed E-state index contributed by atoms with van der Waals surface area (Å²) in [6, 6.07) is 3.82.